The lowest BCUT2D eigenvalue weighted by Gasteiger charge is -2.15. The van der Waals surface area contributed by atoms with Crippen molar-refractivity contribution in [3.05, 3.63) is 59.2 Å². The molecular weight excluding hydrogens is 340 g/mol. The molecule has 2 aromatic carbocycles. The molecule has 27 heavy (non-hydrogen) atoms. The summed E-state index contributed by atoms with van der Waals surface area (Å²) in [5.74, 6) is 0.783. The van der Waals surface area contributed by atoms with Crippen molar-refractivity contribution in [2.45, 2.75) is 38.6 Å². The van der Waals surface area contributed by atoms with E-state index < -0.39 is 0 Å². The van der Waals surface area contributed by atoms with E-state index in [1.165, 1.54) is 17.5 Å². The molecule has 1 saturated heterocycles. The Morgan fingerprint density at radius 2 is 1.81 bits per heavy atom. The average molecular weight is 364 g/mol. The van der Waals surface area contributed by atoms with Crippen LogP contribution in [0.15, 0.2) is 42.5 Å². The van der Waals surface area contributed by atoms with Gasteiger partial charge in [-0.25, -0.2) is 0 Å². The molecule has 0 spiro atoms. The summed E-state index contributed by atoms with van der Waals surface area (Å²) in [6, 6.07) is 13.7. The van der Waals surface area contributed by atoms with Gasteiger partial charge in [-0.05, 0) is 66.6 Å². The van der Waals surface area contributed by atoms with Crippen LogP contribution < -0.4 is 10.1 Å². The summed E-state index contributed by atoms with van der Waals surface area (Å²) in [5, 5.41) is 2.85. The van der Waals surface area contributed by atoms with Gasteiger partial charge in [-0.15, -0.1) is 0 Å². The van der Waals surface area contributed by atoms with Crippen LogP contribution in [0, 0.1) is 0 Å². The van der Waals surface area contributed by atoms with Crippen molar-refractivity contribution in [1.82, 2.24) is 4.90 Å². The summed E-state index contributed by atoms with van der Waals surface area (Å²) in [5.41, 5.74) is 4.52. The van der Waals surface area contributed by atoms with Crippen molar-refractivity contribution >= 4 is 17.5 Å². The maximum Gasteiger partial charge on any atom is 0.262 e. The average Bonchev–Trinajstić information content (AvgIpc) is 3.30. The number of aryl methyl sites for hydroxylation is 2. The molecule has 0 aromatic heterocycles. The van der Waals surface area contributed by atoms with Crippen LogP contribution in [-0.2, 0) is 29.0 Å². The number of likely N-dealkylation sites (tertiary alicyclic amines) is 1. The molecule has 2 aliphatic rings. The molecule has 1 aliphatic carbocycles. The molecule has 1 N–H and O–H groups in total. The van der Waals surface area contributed by atoms with E-state index in [1.54, 1.807) is 0 Å². The lowest BCUT2D eigenvalue weighted by Crippen LogP contribution is -2.23. The smallest absolute Gasteiger partial charge is 0.262 e. The van der Waals surface area contributed by atoms with Crippen LogP contribution in [0.25, 0.3) is 0 Å². The Kier molecular flexibility index (Phi) is 5.10. The second kappa shape index (κ2) is 7.82. The largest absolute Gasteiger partial charge is 0.484 e. The van der Waals surface area contributed by atoms with Crippen molar-refractivity contribution < 1.29 is 14.3 Å². The van der Waals surface area contributed by atoms with Crippen molar-refractivity contribution in [1.29, 1.82) is 0 Å². The highest BCUT2D eigenvalue weighted by molar-refractivity contribution is 5.91. The Bertz CT molecular complexity index is 845. The van der Waals surface area contributed by atoms with Gasteiger partial charge >= 0.3 is 0 Å². The summed E-state index contributed by atoms with van der Waals surface area (Å²) in [6.07, 6.45) is 5.02. The van der Waals surface area contributed by atoms with Crippen LogP contribution in [-0.4, -0.2) is 29.9 Å². The van der Waals surface area contributed by atoms with Crippen LogP contribution in [0.4, 0.5) is 5.69 Å². The lowest BCUT2D eigenvalue weighted by molar-refractivity contribution is -0.128. The maximum atomic E-state index is 12.1. The highest BCUT2D eigenvalue weighted by Crippen LogP contribution is 2.26. The molecule has 4 rings (SSSR count). The number of hydrogen-bond acceptors (Lipinski definition) is 3. The molecule has 0 bridgehead atoms. The molecule has 140 valence electrons. The summed E-state index contributed by atoms with van der Waals surface area (Å²) >= 11 is 0. The predicted octanol–water partition coefficient (Wildman–Crippen LogP) is 3.32. The number of fused-ring (bicyclic) bond motifs is 1. The number of rotatable bonds is 6. The molecule has 1 fully saturated rings. The van der Waals surface area contributed by atoms with Crippen LogP contribution in [0.3, 0.4) is 0 Å². The molecule has 5 heteroatoms. The van der Waals surface area contributed by atoms with E-state index in [9.17, 15) is 9.59 Å². The van der Waals surface area contributed by atoms with Crippen molar-refractivity contribution in [3.63, 3.8) is 0 Å². The molecule has 1 aliphatic heterocycles. The number of ether oxygens (including phenoxy) is 1. The van der Waals surface area contributed by atoms with Gasteiger partial charge in [0.2, 0.25) is 5.91 Å². The van der Waals surface area contributed by atoms with E-state index in [4.69, 9.17) is 4.74 Å². The fraction of sp³-hybridized carbons (Fsp3) is 0.364. The number of benzene rings is 2. The van der Waals surface area contributed by atoms with Crippen LogP contribution >= 0.6 is 0 Å². The zero-order valence-electron chi connectivity index (χ0n) is 15.4. The van der Waals surface area contributed by atoms with Crippen molar-refractivity contribution in [3.8, 4) is 5.75 Å². The summed E-state index contributed by atoms with van der Waals surface area (Å²) in [4.78, 5) is 25.7. The number of nitrogens with one attached hydrogen (secondary N) is 1. The number of amides is 2. The predicted molar refractivity (Wildman–Crippen MR) is 104 cm³/mol. The Morgan fingerprint density at radius 1 is 1.00 bits per heavy atom. The summed E-state index contributed by atoms with van der Waals surface area (Å²) in [6.45, 7) is 1.45. The molecule has 2 aromatic rings. The lowest BCUT2D eigenvalue weighted by atomic mass is 10.1. The normalized spacial score (nSPS) is 15.7. The van der Waals surface area contributed by atoms with E-state index in [-0.39, 0.29) is 18.4 Å². The summed E-state index contributed by atoms with van der Waals surface area (Å²) in [7, 11) is 0. The highest BCUT2D eigenvalue weighted by atomic mass is 16.5. The van der Waals surface area contributed by atoms with Gasteiger partial charge in [-0.2, -0.15) is 0 Å². The van der Waals surface area contributed by atoms with E-state index in [1.807, 2.05) is 41.3 Å². The first kappa shape index (κ1) is 17.6. The van der Waals surface area contributed by atoms with E-state index in [0.717, 1.165) is 42.8 Å². The van der Waals surface area contributed by atoms with Crippen LogP contribution in [0.1, 0.15) is 36.0 Å². The van der Waals surface area contributed by atoms with E-state index in [0.29, 0.717) is 13.0 Å². The maximum absolute atomic E-state index is 12.1. The monoisotopic (exact) mass is 364 g/mol. The fourth-order valence-electron chi connectivity index (χ4n) is 3.77. The molecule has 5 nitrogen and oxygen atoms in total. The van der Waals surface area contributed by atoms with Gasteiger partial charge in [0.15, 0.2) is 6.61 Å². The van der Waals surface area contributed by atoms with Crippen molar-refractivity contribution in [2.75, 3.05) is 18.5 Å². The third-order valence-corrected chi connectivity index (χ3v) is 5.22. The minimum absolute atomic E-state index is 0.0111. The first-order valence-electron chi connectivity index (χ1n) is 9.58. The number of nitrogens with zero attached hydrogens (tertiary/aromatic N) is 1. The Hall–Kier alpha value is -2.82. The van der Waals surface area contributed by atoms with Gasteiger partial charge in [0.05, 0.1) is 0 Å². The molecule has 0 unspecified atom stereocenters. The molecule has 2 amide bonds. The van der Waals surface area contributed by atoms with Gasteiger partial charge < -0.3 is 15.0 Å². The van der Waals surface area contributed by atoms with Gasteiger partial charge in [0.1, 0.15) is 5.75 Å². The molecule has 0 atom stereocenters. The molecule has 0 radical (unpaired) electrons. The first-order valence-corrected chi connectivity index (χ1v) is 9.58. The van der Waals surface area contributed by atoms with Gasteiger partial charge in [0, 0.05) is 25.2 Å². The Balaban J connectivity index is 1.27. The third kappa shape index (κ3) is 4.30. The molecule has 0 saturated carbocycles. The standard InChI is InChI=1S/C22H24N2O3/c25-21(15-27-20-11-8-17-3-1-4-18(17)13-20)23-19-9-6-16(7-10-19)14-24-12-2-5-22(24)26/h6-11,13H,1-5,12,14-15H2,(H,23,25). The fourth-order valence-corrected chi connectivity index (χ4v) is 3.77. The van der Waals surface area contributed by atoms with Gasteiger partial charge in [-0.3, -0.25) is 9.59 Å². The topological polar surface area (TPSA) is 58.6 Å². The zero-order valence-corrected chi connectivity index (χ0v) is 15.4. The van der Waals surface area contributed by atoms with Gasteiger partial charge in [0.25, 0.3) is 5.91 Å². The Morgan fingerprint density at radius 3 is 2.59 bits per heavy atom. The van der Waals surface area contributed by atoms with Crippen LogP contribution in [0.2, 0.25) is 0 Å². The van der Waals surface area contributed by atoms with E-state index >= 15 is 0 Å². The first-order chi connectivity index (χ1) is 13.2. The SMILES string of the molecule is O=C(COc1ccc2c(c1)CCC2)Nc1ccc(CN2CCCC2=O)cc1. The minimum Gasteiger partial charge on any atom is -0.484 e. The van der Waals surface area contributed by atoms with Gasteiger partial charge in [-0.1, -0.05) is 18.2 Å². The number of hydrogen-bond donors (Lipinski definition) is 1. The number of carbonyl (C=O) groups is 2. The van der Waals surface area contributed by atoms with Crippen molar-refractivity contribution in [2.24, 2.45) is 0 Å². The van der Waals surface area contributed by atoms with Crippen LogP contribution in [0.5, 0.6) is 5.75 Å². The third-order valence-electron chi connectivity index (χ3n) is 5.22. The minimum atomic E-state index is -0.182. The summed E-state index contributed by atoms with van der Waals surface area (Å²) < 4.78 is 5.63. The second-order valence-electron chi connectivity index (χ2n) is 7.24. The van der Waals surface area contributed by atoms with E-state index in [2.05, 4.69) is 11.4 Å². The molecule has 1 heterocycles. The molecular formula is C22H24N2O3. The second-order valence-corrected chi connectivity index (χ2v) is 7.24. The quantitative estimate of drug-likeness (QED) is 0.855. The number of anilines is 1. The Labute approximate surface area is 159 Å². The highest BCUT2D eigenvalue weighted by Gasteiger charge is 2.19. The zero-order chi connectivity index (χ0) is 18.6. The number of carbonyl (C=O) groups excluding carboxylic acids is 2.